The number of imidazole rings is 2. The summed E-state index contributed by atoms with van der Waals surface area (Å²) in [4.78, 5) is 77.3. The van der Waals surface area contributed by atoms with Crippen molar-refractivity contribution in [2.24, 2.45) is 11.8 Å². The predicted octanol–water partition coefficient (Wildman–Crippen LogP) is 6.32. The van der Waals surface area contributed by atoms with Crippen LogP contribution in [-0.2, 0) is 19.1 Å². The fourth-order valence-electron chi connectivity index (χ4n) is 7.58. The van der Waals surface area contributed by atoms with Crippen LogP contribution in [0.1, 0.15) is 77.1 Å². The minimum absolute atomic E-state index is 0.115. The van der Waals surface area contributed by atoms with E-state index in [0.717, 1.165) is 74.6 Å². The number of hydrogen-bond donors (Lipinski definition) is 4. The highest BCUT2D eigenvalue weighted by atomic mass is 32.1. The van der Waals surface area contributed by atoms with Gasteiger partial charge in [0.05, 0.1) is 53.2 Å². The number of carbonyl (C=O) groups is 4. The molecule has 0 aliphatic carbocycles. The molecule has 290 valence electrons. The van der Waals surface area contributed by atoms with E-state index in [0.29, 0.717) is 18.9 Å². The van der Waals surface area contributed by atoms with Crippen molar-refractivity contribution in [3.8, 4) is 21.0 Å². The number of thiazole rings is 1. The molecule has 2 aromatic carbocycles. The summed E-state index contributed by atoms with van der Waals surface area (Å²) in [5.74, 6) is 0.909. The fourth-order valence-corrected chi connectivity index (χ4v) is 8.49. The average molecular weight is 770 g/mol. The summed E-state index contributed by atoms with van der Waals surface area (Å²) in [6, 6.07) is 10.2. The monoisotopic (exact) mass is 769 g/mol. The van der Waals surface area contributed by atoms with E-state index >= 15 is 0 Å². The van der Waals surface area contributed by atoms with Gasteiger partial charge in [0.2, 0.25) is 11.8 Å². The number of benzene rings is 2. The zero-order valence-electron chi connectivity index (χ0n) is 31.8. The maximum atomic E-state index is 13.6. The zero-order chi connectivity index (χ0) is 39.0. The van der Waals surface area contributed by atoms with Gasteiger partial charge in [-0.2, -0.15) is 0 Å². The number of rotatable bonds is 10. The summed E-state index contributed by atoms with van der Waals surface area (Å²) < 4.78 is 9.53. The first-order valence-electron chi connectivity index (χ1n) is 18.7. The van der Waals surface area contributed by atoms with Crippen LogP contribution in [0.5, 0.6) is 0 Å². The number of likely N-dealkylation sites (tertiary alicyclic amines) is 2. The number of hydrogen-bond acceptors (Lipinski definition) is 10. The minimum atomic E-state index is -0.701. The molecule has 4 amide bonds. The lowest BCUT2D eigenvalue weighted by atomic mass is 10.0. The zero-order valence-corrected chi connectivity index (χ0v) is 32.7. The second kappa shape index (κ2) is 15.7. The van der Waals surface area contributed by atoms with Crippen molar-refractivity contribution in [3.05, 3.63) is 54.2 Å². The van der Waals surface area contributed by atoms with Crippen LogP contribution in [0.4, 0.5) is 9.59 Å². The maximum Gasteiger partial charge on any atom is 0.407 e. The molecule has 5 aromatic rings. The number of nitrogens with zero attached hydrogens (tertiary/aromatic N) is 5. The van der Waals surface area contributed by atoms with Crippen LogP contribution in [0.3, 0.4) is 0 Å². The summed E-state index contributed by atoms with van der Waals surface area (Å²) in [7, 11) is 2.58. The molecule has 3 aromatic heterocycles. The largest absolute Gasteiger partial charge is 0.453 e. The van der Waals surface area contributed by atoms with E-state index in [1.807, 2.05) is 80.1 Å². The highest BCUT2D eigenvalue weighted by Gasteiger charge is 2.39. The standard InChI is InChI=1S/C39H47N9O6S/c1-20(2)31(45-38(51)53-5)36(49)47-15-7-9-28(47)33-41-24-13-11-22(17-26(24)43-33)30-19-40-35(55-30)23-12-14-25-27(18-23)44-34(42-25)29-10-8-16-48(29)37(50)32(21(3)4)46-39(52)54-6/h11-14,17-21,28-29,31-32H,7-10,15-16H2,1-6H3,(H,41,43)(H,42,44)(H,45,51)(H,46,52)/t28-,29-,31-,32-/m0/s1. The molecule has 2 aliphatic heterocycles. The van der Waals surface area contributed by atoms with E-state index in [-0.39, 0.29) is 35.7 Å². The number of aromatic nitrogens is 5. The second-order valence-corrected chi connectivity index (χ2v) is 15.9. The van der Waals surface area contributed by atoms with Crippen molar-refractivity contribution in [2.75, 3.05) is 27.3 Å². The van der Waals surface area contributed by atoms with Crippen LogP contribution in [0.25, 0.3) is 43.1 Å². The first kappa shape index (κ1) is 37.8. The molecule has 2 fully saturated rings. The fraction of sp³-hybridized carbons (Fsp3) is 0.462. The summed E-state index contributed by atoms with van der Waals surface area (Å²) in [6.45, 7) is 8.76. The van der Waals surface area contributed by atoms with Crippen LogP contribution in [-0.4, -0.2) is 98.1 Å². The third-order valence-corrected chi connectivity index (χ3v) is 11.6. The van der Waals surface area contributed by atoms with Crippen molar-refractivity contribution in [1.82, 2.24) is 45.4 Å². The average Bonchev–Trinajstić information content (AvgIpc) is 4.02. The molecule has 0 spiro atoms. The molecule has 0 radical (unpaired) electrons. The van der Waals surface area contributed by atoms with Crippen LogP contribution in [0, 0.1) is 11.8 Å². The molecule has 55 heavy (non-hydrogen) atoms. The van der Waals surface area contributed by atoms with E-state index in [9.17, 15) is 19.2 Å². The van der Waals surface area contributed by atoms with Gasteiger partial charge in [0.15, 0.2) is 0 Å². The molecule has 4 N–H and O–H groups in total. The Kier molecular flexibility index (Phi) is 10.8. The van der Waals surface area contributed by atoms with Gasteiger partial charge < -0.3 is 39.9 Å². The van der Waals surface area contributed by atoms with Crippen molar-refractivity contribution in [3.63, 3.8) is 0 Å². The number of carbonyl (C=O) groups excluding carboxylic acids is 4. The smallest absolute Gasteiger partial charge is 0.407 e. The Balaban J connectivity index is 1.08. The molecule has 4 atom stereocenters. The van der Waals surface area contributed by atoms with E-state index in [2.05, 4.69) is 20.6 Å². The molecule has 2 saturated heterocycles. The van der Waals surface area contributed by atoms with Gasteiger partial charge in [-0.15, -0.1) is 11.3 Å². The van der Waals surface area contributed by atoms with Gasteiger partial charge in [-0.3, -0.25) is 9.59 Å². The highest BCUT2D eigenvalue weighted by Crippen LogP contribution is 2.37. The third-order valence-electron chi connectivity index (χ3n) is 10.5. The number of alkyl carbamates (subject to hydrolysis) is 2. The van der Waals surface area contributed by atoms with Gasteiger partial charge >= 0.3 is 12.2 Å². The van der Waals surface area contributed by atoms with Crippen LogP contribution in [0.15, 0.2) is 42.6 Å². The van der Waals surface area contributed by atoms with Gasteiger partial charge in [-0.05, 0) is 73.4 Å². The molecule has 5 heterocycles. The maximum absolute atomic E-state index is 13.6. The van der Waals surface area contributed by atoms with Gasteiger partial charge in [0.1, 0.15) is 28.7 Å². The molecule has 16 heteroatoms. The lowest BCUT2D eigenvalue weighted by Crippen LogP contribution is -2.51. The quantitative estimate of drug-likeness (QED) is 0.126. The molecule has 0 saturated carbocycles. The van der Waals surface area contributed by atoms with Crippen molar-refractivity contribution < 1.29 is 28.7 Å². The molecule has 0 unspecified atom stereocenters. The molecular weight excluding hydrogens is 723 g/mol. The topological polar surface area (TPSA) is 188 Å². The summed E-state index contributed by atoms with van der Waals surface area (Å²) in [5, 5.41) is 6.24. The van der Waals surface area contributed by atoms with E-state index < -0.39 is 24.3 Å². The predicted molar refractivity (Wildman–Crippen MR) is 208 cm³/mol. The van der Waals surface area contributed by atoms with Crippen LogP contribution in [0.2, 0.25) is 0 Å². The van der Waals surface area contributed by atoms with Crippen molar-refractivity contribution in [1.29, 1.82) is 0 Å². The summed E-state index contributed by atoms with van der Waals surface area (Å²) in [5.41, 5.74) is 5.22. The number of methoxy groups -OCH3 is 2. The third kappa shape index (κ3) is 7.59. The number of fused-ring (bicyclic) bond motifs is 2. The van der Waals surface area contributed by atoms with E-state index in [4.69, 9.17) is 24.4 Å². The second-order valence-electron chi connectivity index (χ2n) is 14.8. The Morgan fingerprint density at radius 3 is 1.69 bits per heavy atom. The first-order chi connectivity index (χ1) is 26.4. The highest BCUT2D eigenvalue weighted by molar-refractivity contribution is 7.18. The Morgan fingerprint density at radius 1 is 0.745 bits per heavy atom. The van der Waals surface area contributed by atoms with Crippen LogP contribution < -0.4 is 10.6 Å². The van der Waals surface area contributed by atoms with Gasteiger partial charge in [0.25, 0.3) is 0 Å². The summed E-state index contributed by atoms with van der Waals surface area (Å²) in [6.07, 6.45) is 3.81. The van der Waals surface area contributed by atoms with Crippen molar-refractivity contribution in [2.45, 2.75) is 77.5 Å². The number of amides is 4. The molecule has 7 rings (SSSR count). The van der Waals surface area contributed by atoms with E-state index in [1.54, 1.807) is 11.3 Å². The Labute approximate surface area is 322 Å². The normalized spacial score (nSPS) is 18.3. The SMILES string of the molecule is COC(=O)N[C@H](C(=O)N1CCC[C@H]1c1nc2cc(-c3cnc(-c4ccc5[nH]c([C@@H]6CCCN6C(=O)[C@@H](NC(=O)OC)C(C)C)nc5c4)s3)ccc2[nH]1)C(C)C. The number of ether oxygens (including phenoxy) is 2. The number of H-pyrrole nitrogens is 2. The molecule has 0 bridgehead atoms. The lowest BCUT2D eigenvalue weighted by Gasteiger charge is -2.29. The minimum Gasteiger partial charge on any atom is -0.453 e. The van der Waals surface area contributed by atoms with Crippen LogP contribution >= 0.6 is 11.3 Å². The van der Waals surface area contributed by atoms with Crippen molar-refractivity contribution >= 4 is 57.4 Å². The Bertz CT molecular complexity index is 2070. The Hall–Kier alpha value is -5.51. The van der Waals surface area contributed by atoms with E-state index in [1.165, 1.54) is 14.2 Å². The van der Waals surface area contributed by atoms with Gasteiger partial charge in [0, 0.05) is 24.8 Å². The molecule has 15 nitrogen and oxygen atoms in total. The number of aromatic amines is 2. The van der Waals surface area contributed by atoms with Gasteiger partial charge in [-0.25, -0.2) is 24.5 Å². The molecule has 2 aliphatic rings. The first-order valence-corrected chi connectivity index (χ1v) is 19.5. The lowest BCUT2D eigenvalue weighted by molar-refractivity contribution is -0.136. The van der Waals surface area contributed by atoms with Gasteiger partial charge in [-0.1, -0.05) is 33.8 Å². The summed E-state index contributed by atoms with van der Waals surface area (Å²) >= 11 is 1.57. The number of nitrogens with one attached hydrogen (secondary N) is 4. The Morgan fingerprint density at radius 2 is 1.22 bits per heavy atom. The molecular formula is C39H47N9O6S.